The van der Waals surface area contributed by atoms with E-state index in [9.17, 15) is 47.9 Å². The molecule has 10 amide bonds. The molecule has 0 bridgehead atoms. The van der Waals surface area contributed by atoms with Crippen LogP contribution in [0.5, 0.6) is 0 Å². The molecule has 10 heterocycles. The fourth-order valence-electron chi connectivity index (χ4n) is 16.2. The van der Waals surface area contributed by atoms with Gasteiger partial charge >= 0.3 is 0 Å². The summed E-state index contributed by atoms with van der Waals surface area (Å²) in [5.41, 5.74) is 36.3. The van der Waals surface area contributed by atoms with Gasteiger partial charge in [0.05, 0.1) is 24.5 Å². The zero-order chi connectivity index (χ0) is 101. The summed E-state index contributed by atoms with van der Waals surface area (Å²) in [7, 11) is 1.86. The summed E-state index contributed by atoms with van der Waals surface area (Å²) in [4.78, 5) is 159. The van der Waals surface area contributed by atoms with E-state index in [4.69, 9.17) is 28.7 Å². The van der Waals surface area contributed by atoms with Crippen molar-refractivity contribution in [2.75, 3.05) is 106 Å². The average molecular weight is 1910 g/mol. The van der Waals surface area contributed by atoms with Crippen molar-refractivity contribution in [3.63, 3.8) is 0 Å². The minimum atomic E-state index is -0.723. The number of anilines is 15. The van der Waals surface area contributed by atoms with Crippen molar-refractivity contribution in [1.29, 1.82) is 0 Å². The monoisotopic (exact) mass is 1900 g/mol. The van der Waals surface area contributed by atoms with Crippen molar-refractivity contribution in [2.45, 2.75) is 142 Å². The van der Waals surface area contributed by atoms with Gasteiger partial charge < -0.3 is 106 Å². The first kappa shape index (κ1) is 103. The van der Waals surface area contributed by atoms with Crippen molar-refractivity contribution in [3.05, 3.63) is 253 Å². The summed E-state index contributed by atoms with van der Waals surface area (Å²) in [6.45, 7) is 37.8. The number of aromatic nitrogens is 13. The molecule has 5 aromatic carbocycles. The molecule has 19 N–H and O–H groups in total. The Morgan fingerprint density at radius 3 is 1.10 bits per heavy atom. The number of primary amides is 5. The molecular formula is C97H117N33O10. The fraction of sp³-hybridized carbons (Fsp3) is 0.309. The van der Waals surface area contributed by atoms with E-state index < -0.39 is 29.5 Å². The fourth-order valence-corrected chi connectivity index (χ4v) is 16.2. The second-order valence-electron chi connectivity index (χ2n) is 33.7. The van der Waals surface area contributed by atoms with E-state index >= 15 is 0 Å². The van der Waals surface area contributed by atoms with Gasteiger partial charge in [-0.25, -0.2) is 19.9 Å². The van der Waals surface area contributed by atoms with Crippen molar-refractivity contribution in [3.8, 4) is 0 Å². The number of nitrogens with two attached hydrogens (primary N) is 5. The summed E-state index contributed by atoms with van der Waals surface area (Å²) in [6.07, 6.45) is 14.3. The number of carbonyl (C=O) groups excluding carboxylic acids is 10. The zero-order valence-corrected chi connectivity index (χ0v) is 79.4. The molecule has 43 nitrogen and oxygen atoms in total. The van der Waals surface area contributed by atoms with Gasteiger partial charge in [0.15, 0.2) is 57.6 Å². The Morgan fingerprint density at radius 1 is 0.357 bits per heavy atom. The number of likely N-dealkylation sites (N-methyl/N-ethyl adjacent to an activating group) is 1. The van der Waals surface area contributed by atoms with Gasteiger partial charge in [0.2, 0.25) is 47.4 Å². The molecule has 730 valence electrons. The topological polar surface area (TPSA) is 596 Å². The molecule has 0 unspecified atom stereocenters. The van der Waals surface area contributed by atoms with Gasteiger partial charge in [-0.2, -0.15) is 15.0 Å². The molecule has 5 saturated heterocycles. The third kappa shape index (κ3) is 27.7. The molecule has 140 heavy (non-hydrogen) atoms. The Kier molecular flexibility index (Phi) is 35.6. The molecule has 8 atom stereocenters. The second-order valence-corrected chi connectivity index (χ2v) is 33.7. The Morgan fingerprint density at radius 2 is 0.707 bits per heavy atom. The Balaban J connectivity index is 0.000000167. The summed E-state index contributed by atoms with van der Waals surface area (Å²) in [6, 6.07) is 38.1. The van der Waals surface area contributed by atoms with Crippen LogP contribution in [0.25, 0.3) is 0 Å². The first-order valence-corrected chi connectivity index (χ1v) is 45.1. The van der Waals surface area contributed by atoms with Crippen molar-refractivity contribution >= 4 is 146 Å². The van der Waals surface area contributed by atoms with Gasteiger partial charge in [0, 0.05) is 118 Å². The van der Waals surface area contributed by atoms with Crippen LogP contribution in [0.1, 0.15) is 140 Å². The number of aryl methyl sites for hydroxylation is 5. The molecule has 0 spiro atoms. The maximum absolute atomic E-state index is 12.2. The molecule has 0 radical (unpaired) electrons. The summed E-state index contributed by atoms with van der Waals surface area (Å²) in [5.74, 6) is -0.834. The molecule has 10 aromatic rings. The SMILES string of the molecule is C=CC(=O)N1CCC[C@@H](N(C)c2nnc(C(N)=O)c(Nc3ccc(C)cc3)n2)[C@H]1C.C=CC(=O)N1CC[C@@H](Nc2cnc(C(N)=O)c(Nc3cccc(C)c3)n2)C1.C=CC(=O)N1CC[C@@H](Nc2cnc(C(N)=O)c(Nc3cccc(C)c3)n2)[C@H]1C.C=CC(=O)N1CC[C@@H](Nc2nnc(C(N)=O)c(Nc3cccc(C)c3)n2)C1.C=CC(=O)N1CC[C@@H](Nc2nnc(C(N)=O)c(Nc3cccc(C)c3)n2)[C@H]1C. The maximum Gasteiger partial charge on any atom is 0.273 e. The number of nitrogens with zero attached hydrogens (tertiary/aromatic N) is 19. The van der Waals surface area contributed by atoms with Crippen LogP contribution in [0.4, 0.5) is 87.0 Å². The summed E-state index contributed by atoms with van der Waals surface area (Å²) in [5, 5.41) is 52.2. The highest BCUT2D eigenvalue weighted by Crippen LogP contribution is 2.32. The molecule has 5 aliphatic heterocycles. The van der Waals surface area contributed by atoms with Crippen LogP contribution < -0.4 is 81.4 Å². The van der Waals surface area contributed by atoms with E-state index in [0.29, 0.717) is 63.4 Å². The number of benzene rings is 5. The molecular weight excluding hydrogens is 1790 g/mol. The highest BCUT2D eigenvalue weighted by atomic mass is 16.2. The standard InChI is InChI=1S/C21H27N7O2.C20H24N6O2.C19H23N7O2.C19H22N6O2.C18H21N7O2/c1-5-17(29)28-12-6-7-16(14(28)3)27(4)21-24-20(18(19(22)30)25-26-21)23-15-10-8-13(2)9-11-15;1-4-17(27)26-9-8-15(13(26)3)24-16-11-22-18(19(21)28)20(25-16)23-14-7-5-6-12(2)10-14;1-4-15(27)26-9-8-14(12(26)3)22-19-23-18(16(17(20)28)24-25-19)21-13-7-5-6-11(2)10-13;1-3-16(26)25-8-7-14(11-25)22-15-10-21-17(18(20)27)19(24-15)23-13-6-4-5-12(2)9-13;1-3-14(26)25-8-7-13(10-25)21-18-22-17(15(16(19)27)23-24-18)20-12-6-4-5-11(2)9-12/h5,8-11,14,16H,1,6-7,12H2,2-4H3,(H2,22,30)(H,23,24,26);4-7,10-11,13,15H,1,8-9H2,2-3H3,(H2,21,28)(H2,23,24,25);4-7,10,12,14H,1,8-9H2,2-3H3,(H2,20,28)(H2,21,22,23,25);3-6,9-10,14H,1,7-8,11H2,2H3,(H2,20,27)(H2,22,23,24);3-6,9,13H,1,7-8,10H2,2H3,(H2,19,27)(H2,20,21,22,24)/t14-,16-;13-,15-;12-,14-;14-;13-/m11111/s1. The lowest BCUT2D eigenvalue weighted by Crippen LogP contribution is -2.55. The van der Waals surface area contributed by atoms with Crippen LogP contribution in [0, 0.1) is 34.6 Å². The molecule has 5 aromatic heterocycles. The quantitative estimate of drug-likeness (QED) is 0.0187. The van der Waals surface area contributed by atoms with Crippen molar-refractivity contribution in [2.24, 2.45) is 28.7 Å². The van der Waals surface area contributed by atoms with Crippen LogP contribution in [0.3, 0.4) is 0 Å². The van der Waals surface area contributed by atoms with Crippen molar-refractivity contribution < 1.29 is 47.9 Å². The third-order valence-corrected chi connectivity index (χ3v) is 23.5. The van der Waals surface area contributed by atoms with E-state index in [0.717, 1.165) is 94.8 Å². The predicted octanol–water partition coefficient (Wildman–Crippen LogP) is 8.90. The second kappa shape index (κ2) is 48.2. The third-order valence-electron chi connectivity index (χ3n) is 23.5. The average Bonchev–Trinajstić information content (AvgIpc) is 0.975. The van der Waals surface area contributed by atoms with Crippen molar-refractivity contribution in [1.82, 2.24) is 90.0 Å². The van der Waals surface area contributed by atoms with Gasteiger partial charge in [0.25, 0.3) is 29.5 Å². The molecule has 0 saturated carbocycles. The van der Waals surface area contributed by atoms with Gasteiger partial charge in [0.1, 0.15) is 11.6 Å². The number of rotatable bonds is 30. The number of nitrogens with one attached hydrogen (secondary N) is 9. The van der Waals surface area contributed by atoms with Crippen LogP contribution in [0.2, 0.25) is 0 Å². The normalized spacial score (nSPS) is 17.6. The van der Waals surface area contributed by atoms with Crippen LogP contribution in [-0.2, 0) is 24.0 Å². The Bertz CT molecular complexity index is 5970. The molecule has 15 rings (SSSR count). The minimum absolute atomic E-state index is 0.00361. The molecule has 5 aliphatic rings. The van der Waals surface area contributed by atoms with Crippen LogP contribution in [-0.4, -0.2) is 250 Å². The van der Waals surface area contributed by atoms with E-state index in [1.165, 1.54) is 42.8 Å². The number of piperidine rings is 1. The van der Waals surface area contributed by atoms with Gasteiger partial charge in [-0.1, -0.05) is 99.1 Å². The van der Waals surface area contributed by atoms with Crippen LogP contribution >= 0.6 is 0 Å². The zero-order valence-electron chi connectivity index (χ0n) is 79.4. The maximum atomic E-state index is 12.2. The lowest BCUT2D eigenvalue weighted by molar-refractivity contribution is -0.129. The van der Waals surface area contributed by atoms with E-state index in [2.05, 4.69) is 146 Å². The molecule has 43 heteroatoms. The first-order chi connectivity index (χ1) is 67.0. The lowest BCUT2D eigenvalue weighted by Gasteiger charge is -2.42. The number of hydrogen-bond donors (Lipinski definition) is 14. The van der Waals surface area contributed by atoms with Crippen LogP contribution in [0.15, 0.2) is 197 Å². The predicted molar refractivity (Wildman–Crippen MR) is 536 cm³/mol. The lowest BCUT2D eigenvalue weighted by atomic mass is 9.96. The highest BCUT2D eigenvalue weighted by Gasteiger charge is 2.38. The highest BCUT2D eigenvalue weighted by molar-refractivity contribution is 6.00. The molecule has 0 aliphatic carbocycles. The number of hydrogen-bond acceptors (Lipinski definition) is 33. The summed E-state index contributed by atoms with van der Waals surface area (Å²) < 4.78 is 0. The Labute approximate surface area is 809 Å². The van der Waals surface area contributed by atoms with E-state index in [-0.39, 0.29) is 147 Å². The largest absolute Gasteiger partial charge is 0.364 e. The number of likely N-dealkylation sites (tertiary alicyclic amines) is 5. The molecule has 5 fully saturated rings. The first-order valence-electron chi connectivity index (χ1n) is 45.1. The number of carbonyl (C=O) groups is 10. The van der Waals surface area contributed by atoms with E-state index in [1.54, 1.807) is 24.5 Å². The smallest absolute Gasteiger partial charge is 0.273 e. The van der Waals surface area contributed by atoms with Gasteiger partial charge in [-0.3, -0.25) is 47.9 Å². The van der Waals surface area contributed by atoms with Gasteiger partial charge in [-0.05, 0) is 207 Å². The minimum Gasteiger partial charge on any atom is -0.364 e. The summed E-state index contributed by atoms with van der Waals surface area (Å²) >= 11 is 0. The number of amides is 10. The van der Waals surface area contributed by atoms with Gasteiger partial charge in [-0.15, -0.1) is 30.6 Å². The van der Waals surface area contributed by atoms with E-state index in [1.807, 2.05) is 189 Å². The Hall–Kier alpha value is -17.3.